The van der Waals surface area contributed by atoms with Gasteiger partial charge in [0.1, 0.15) is 5.75 Å². The maximum Gasteiger partial charge on any atom is 0.115 e. The maximum absolute atomic E-state index is 11.0. The Kier molecular flexibility index (Phi) is 2.29. The second-order valence-corrected chi connectivity index (χ2v) is 3.75. The van der Waals surface area contributed by atoms with E-state index in [-0.39, 0.29) is 5.75 Å². The second kappa shape index (κ2) is 3.05. The first kappa shape index (κ1) is 8.27. The lowest BCUT2D eigenvalue weighted by Gasteiger charge is -2.01. The largest absolute Gasteiger partial charge is 0.508 e. The van der Waals surface area contributed by atoms with E-state index < -0.39 is 10.8 Å². The summed E-state index contributed by atoms with van der Waals surface area (Å²) in [5.74, 6) is 0.219. The molecule has 0 aliphatic carbocycles. The second-order valence-electron chi connectivity index (χ2n) is 2.40. The van der Waals surface area contributed by atoms with Gasteiger partial charge in [-0.2, -0.15) is 0 Å². The highest BCUT2D eigenvalue weighted by Crippen LogP contribution is 2.17. The van der Waals surface area contributed by atoms with Crippen LogP contribution in [0.5, 0.6) is 5.75 Å². The zero-order chi connectivity index (χ0) is 8.43. The quantitative estimate of drug-likeness (QED) is 0.692. The number of phenols is 1. The first-order valence-corrected chi connectivity index (χ1v) is 4.80. The number of benzene rings is 1. The molecule has 1 atom stereocenters. The van der Waals surface area contributed by atoms with Crippen molar-refractivity contribution in [3.8, 4) is 5.75 Å². The molecule has 3 heteroatoms. The fraction of sp³-hybridized carbons (Fsp3) is 0.250. The van der Waals surface area contributed by atoms with Gasteiger partial charge in [0, 0.05) is 11.2 Å². The molecule has 1 unspecified atom stereocenters. The van der Waals surface area contributed by atoms with Gasteiger partial charge in [-0.25, -0.2) is 0 Å². The van der Waals surface area contributed by atoms with E-state index in [1.807, 2.05) is 6.92 Å². The molecule has 0 radical (unpaired) electrons. The third-order valence-electron chi connectivity index (χ3n) is 1.47. The van der Waals surface area contributed by atoms with Crippen LogP contribution in [0.15, 0.2) is 23.1 Å². The normalized spacial score (nSPS) is 12.9. The highest BCUT2D eigenvalue weighted by molar-refractivity contribution is 7.84. The topological polar surface area (TPSA) is 37.3 Å². The monoisotopic (exact) mass is 170 g/mol. The smallest absolute Gasteiger partial charge is 0.115 e. The van der Waals surface area contributed by atoms with Crippen LogP contribution in [0.2, 0.25) is 0 Å². The van der Waals surface area contributed by atoms with Crippen LogP contribution >= 0.6 is 0 Å². The van der Waals surface area contributed by atoms with Crippen molar-refractivity contribution in [3.63, 3.8) is 0 Å². The lowest BCUT2D eigenvalue weighted by Crippen LogP contribution is -1.90. The molecule has 0 aliphatic heterocycles. The third kappa shape index (κ3) is 1.80. The number of rotatable bonds is 1. The lowest BCUT2D eigenvalue weighted by molar-refractivity contribution is 0.474. The summed E-state index contributed by atoms with van der Waals surface area (Å²) < 4.78 is 11.0. The Morgan fingerprint density at radius 3 is 2.55 bits per heavy atom. The molecule has 11 heavy (non-hydrogen) atoms. The Bertz CT molecular complexity index is 294. The molecule has 0 amide bonds. The Labute approximate surface area is 68.3 Å². The van der Waals surface area contributed by atoms with Gasteiger partial charge in [0.15, 0.2) is 0 Å². The first-order chi connectivity index (χ1) is 5.11. The van der Waals surface area contributed by atoms with Crippen LogP contribution in [0.1, 0.15) is 5.56 Å². The van der Waals surface area contributed by atoms with E-state index in [0.29, 0.717) is 0 Å². The minimum Gasteiger partial charge on any atom is -0.508 e. The molecule has 0 bridgehead atoms. The predicted octanol–water partition coefficient (Wildman–Crippen LogP) is 1.44. The first-order valence-electron chi connectivity index (χ1n) is 3.24. The number of hydrogen-bond donors (Lipinski definition) is 1. The minimum absolute atomic E-state index is 0.219. The van der Waals surface area contributed by atoms with Gasteiger partial charge in [-0.05, 0) is 30.7 Å². The van der Waals surface area contributed by atoms with Gasteiger partial charge in [0.05, 0.1) is 10.8 Å². The highest BCUT2D eigenvalue weighted by atomic mass is 32.2. The zero-order valence-electron chi connectivity index (χ0n) is 6.50. The highest BCUT2D eigenvalue weighted by Gasteiger charge is 2.01. The average molecular weight is 170 g/mol. The molecule has 0 saturated carbocycles. The van der Waals surface area contributed by atoms with E-state index >= 15 is 0 Å². The Morgan fingerprint density at radius 1 is 1.45 bits per heavy atom. The molecule has 1 N–H and O–H groups in total. The standard InChI is InChI=1S/C8H10O2S/c1-6-5-7(9)3-4-8(6)11(2)10/h3-5,9H,1-2H3. The van der Waals surface area contributed by atoms with Gasteiger partial charge in [-0.3, -0.25) is 4.21 Å². The molecule has 1 aromatic carbocycles. The summed E-state index contributed by atoms with van der Waals surface area (Å²) in [6.45, 7) is 1.83. The van der Waals surface area contributed by atoms with Crippen molar-refractivity contribution in [2.24, 2.45) is 0 Å². The fourth-order valence-corrected chi connectivity index (χ4v) is 1.73. The van der Waals surface area contributed by atoms with Gasteiger partial charge < -0.3 is 5.11 Å². The molecular formula is C8H10O2S. The van der Waals surface area contributed by atoms with Crippen molar-refractivity contribution < 1.29 is 9.32 Å². The maximum atomic E-state index is 11.0. The van der Waals surface area contributed by atoms with Crippen molar-refractivity contribution in [1.29, 1.82) is 0 Å². The average Bonchev–Trinajstić information content (AvgIpc) is 1.85. The molecule has 0 heterocycles. The molecule has 2 nitrogen and oxygen atoms in total. The van der Waals surface area contributed by atoms with Gasteiger partial charge in [-0.1, -0.05) is 0 Å². The van der Waals surface area contributed by atoms with Crippen LogP contribution in [0, 0.1) is 6.92 Å². The van der Waals surface area contributed by atoms with E-state index in [0.717, 1.165) is 10.5 Å². The molecule has 0 saturated heterocycles. The molecule has 0 spiro atoms. The summed E-state index contributed by atoms with van der Waals surface area (Å²) in [6.07, 6.45) is 1.62. The van der Waals surface area contributed by atoms with Gasteiger partial charge >= 0.3 is 0 Å². The summed E-state index contributed by atoms with van der Waals surface area (Å²) >= 11 is 0. The van der Waals surface area contributed by atoms with Crippen LogP contribution in [0.3, 0.4) is 0 Å². The summed E-state index contributed by atoms with van der Waals surface area (Å²) in [4.78, 5) is 0.780. The number of phenolic OH excluding ortho intramolecular Hbond substituents is 1. The Balaban J connectivity index is 3.20. The molecule has 0 aliphatic rings. The van der Waals surface area contributed by atoms with Crippen LogP contribution in [-0.2, 0) is 10.8 Å². The zero-order valence-corrected chi connectivity index (χ0v) is 7.31. The van der Waals surface area contributed by atoms with Crippen molar-refractivity contribution in [3.05, 3.63) is 23.8 Å². The van der Waals surface area contributed by atoms with Crippen molar-refractivity contribution in [2.45, 2.75) is 11.8 Å². The predicted molar refractivity (Wildman–Crippen MR) is 45.2 cm³/mol. The minimum atomic E-state index is -0.960. The van der Waals surface area contributed by atoms with Crippen molar-refractivity contribution in [2.75, 3.05) is 6.26 Å². The molecular weight excluding hydrogens is 160 g/mol. The van der Waals surface area contributed by atoms with E-state index in [4.69, 9.17) is 5.11 Å². The van der Waals surface area contributed by atoms with Gasteiger partial charge in [0.2, 0.25) is 0 Å². The molecule has 60 valence electrons. The third-order valence-corrected chi connectivity index (χ3v) is 2.55. The van der Waals surface area contributed by atoms with Crippen LogP contribution in [-0.4, -0.2) is 15.6 Å². The van der Waals surface area contributed by atoms with E-state index in [9.17, 15) is 4.21 Å². The van der Waals surface area contributed by atoms with Crippen LogP contribution < -0.4 is 0 Å². The van der Waals surface area contributed by atoms with Crippen molar-refractivity contribution >= 4 is 10.8 Å². The Hall–Kier alpha value is -0.830. The van der Waals surface area contributed by atoms with Crippen molar-refractivity contribution in [1.82, 2.24) is 0 Å². The van der Waals surface area contributed by atoms with E-state index in [1.165, 1.54) is 0 Å². The van der Waals surface area contributed by atoms with Crippen LogP contribution in [0.25, 0.3) is 0 Å². The molecule has 1 rings (SSSR count). The van der Waals surface area contributed by atoms with Gasteiger partial charge in [-0.15, -0.1) is 0 Å². The number of aryl methyl sites for hydroxylation is 1. The Morgan fingerprint density at radius 2 is 2.09 bits per heavy atom. The van der Waals surface area contributed by atoms with E-state index in [1.54, 1.807) is 24.5 Å². The summed E-state index contributed by atoms with van der Waals surface area (Å²) in [5.41, 5.74) is 0.867. The fourth-order valence-electron chi connectivity index (χ4n) is 0.956. The van der Waals surface area contributed by atoms with Crippen LogP contribution in [0.4, 0.5) is 0 Å². The summed E-state index contributed by atoms with van der Waals surface area (Å²) in [5, 5.41) is 9.02. The number of hydrogen-bond acceptors (Lipinski definition) is 2. The van der Waals surface area contributed by atoms with Gasteiger partial charge in [0.25, 0.3) is 0 Å². The summed E-state index contributed by atoms with van der Waals surface area (Å²) in [6, 6.07) is 4.83. The SMILES string of the molecule is Cc1cc(O)ccc1S(C)=O. The lowest BCUT2D eigenvalue weighted by atomic mass is 10.2. The molecule has 0 fully saturated rings. The molecule has 0 aromatic heterocycles. The summed E-state index contributed by atoms with van der Waals surface area (Å²) in [7, 11) is -0.960. The number of aromatic hydroxyl groups is 1. The van der Waals surface area contributed by atoms with E-state index in [2.05, 4.69) is 0 Å². The molecule has 1 aromatic rings.